The van der Waals surface area contributed by atoms with Gasteiger partial charge in [0, 0.05) is 24.2 Å². The van der Waals surface area contributed by atoms with Crippen molar-refractivity contribution < 1.29 is 23.1 Å². The second-order valence-electron chi connectivity index (χ2n) is 6.85. The zero-order chi connectivity index (χ0) is 18.2. The fraction of sp³-hybridized carbons (Fsp3) is 0.529. The van der Waals surface area contributed by atoms with Gasteiger partial charge >= 0.3 is 5.97 Å². The number of sulfonamides is 1. The molecule has 0 spiro atoms. The van der Waals surface area contributed by atoms with Gasteiger partial charge in [-0.05, 0) is 43.9 Å². The van der Waals surface area contributed by atoms with E-state index in [-0.39, 0.29) is 35.0 Å². The lowest BCUT2D eigenvalue weighted by Crippen LogP contribution is -2.38. The predicted octanol–water partition coefficient (Wildman–Crippen LogP) is 1.45. The van der Waals surface area contributed by atoms with Crippen molar-refractivity contribution in [2.24, 2.45) is 5.92 Å². The number of hydrogen-bond acceptors (Lipinski definition) is 4. The largest absolute Gasteiger partial charge is 0.481 e. The highest BCUT2D eigenvalue weighted by Gasteiger charge is 2.35. The number of amides is 1. The van der Waals surface area contributed by atoms with Crippen LogP contribution in [0.15, 0.2) is 29.2 Å². The van der Waals surface area contributed by atoms with E-state index in [0.29, 0.717) is 0 Å². The SMILES string of the molecule is CC(CN(C(=O)c1cccc(S(=O)(=O)NC2CC2)c1)C1CC1)C(=O)O. The third-order valence-corrected chi connectivity index (χ3v) is 5.95. The number of aliphatic carboxylic acids is 1. The minimum Gasteiger partial charge on any atom is -0.481 e. The highest BCUT2D eigenvalue weighted by molar-refractivity contribution is 7.89. The average molecular weight is 366 g/mol. The van der Waals surface area contributed by atoms with Gasteiger partial charge in [0.2, 0.25) is 10.0 Å². The van der Waals surface area contributed by atoms with Gasteiger partial charge in [0.05, 0.1) is 10.8 Å². The number of carboxylic acid groups (broad SMARTS) is 1. The fourth-order valence-corrected chi connectivity index (χ4v) is 3.96. The van der Waals surface area contributed by atoms with Crippen molar-refractivity contribution in [2.45, 2.75) is 49.6 Å². The van der Waals surface area contributed by atoms with E-state index >= 15 is 0 Å². The van der Waals surface area contributed by atoms with Crippen molar-refractivity contribution in [1.29, 1.82) is 0 Å². The van der Waals surface area contributed by atoms with E-state index in [1.165, 1.54) is 12.1 Å². The van der Waals surface area contributed by atoms with Crippen molar-refractivity contribution >= 4 is 21.9 Å². The second-order valence-corrected chi connectivity index (χ2v) is 8.57. The van der Waals surface area contributed by atoms with Crippen LogP contribution in [0.3, 0.4) is 0 Å². The maximum absolute atomic E-state index is 12.8. The molecule has 2 aliphatic carbocycles. The number of carbonyl (C=O) groups is 2. The quantitative estimate of drug-likeness (QED) is 0.725. The van der Waals surface area contributed by atoms with Gasteiger partial charge in [0.25, 0.3) is 5.91 Å². The molecule has 25 heavy (non-hydrogen) atoms. The number of nitrogens with one attached hydrogen (secondary N) is 1. The summed E-state index contributed by atoms with van der Waals surface area (Å²) < 4.78 is 27.2. The van der Waals surface area contributed by atoms with Crippen molar-refractivity contribution in [1.82, 2.24) is 9.62 Å². The topological polar surface area (TPSA) is 104 Å². The maximum atomic E-state index is 12.8. The Morgan fingerprint density at radius 2 is 1.96 bits per heavy atom. The molecule has 1 amide bonds. The van der Waals surface area contributed by atoms with Gasteiger partial charge in [-0.15, -0.1) is 0 Å². The van der Waals surface area contributed by atoms with Crippen molar-refractivity contribution in [3.8, 4) is 0 Å². The molecule has 0 radical (unpaired) electrons. The molecule has 2 aliphatic rings. The van der Waals surface area contributed by atoms with Crippen molar-refractivity contribution in [2.75, 3.05) is 6.54 Å². The monoisotopic (exact) mass is 366 g/mol. The smallest absolute Gasteiger partial charge is 0.308 e. The number of carbonyl (C=O) groups excluding carboxylic acids is 1. The van der Waals surface area contributed by atoms with Gasteiger partial charge in [-0.2, -0.15) is 0 Å². The highest BCUT2D eigenvalue weighted by atomic mass is 32.2. The number of carboxylic acids is 1. The third-order valence-electron chi connectivity index (χ3n) is 4.43. The lowest BCUT2D eigenvalue weighted by Gasteiger charge is -2.24. The molecule has 0 bridgehead atoms. The first kappa shape index (κ1) is 17.9. The fourth-order valence-electron chi connectivity index (χ4n) is 2.61. The van der Waals surface area contributed by atoms with Gasteiger partial charge in [-0.25, -0.2) is 13.1 Å². The molecule has 1 unspecified atom stereocenters. The summed E-state index contributed by atoms with van der Waals surface area (Å²) >= 11 is 0. The number of rotatable bonds is 8. The van der Waals surface area contributed by atoms with E-state index in [4.69, 9.17) is 5.11 Å². The Morgan fingerprint density at radius 1 is 1.28 bits per heavy atom. The van der Waals surface area contributed by atoms with Gasteiger partial charge in [-0.1, -0.05) is 13.0 Å². The first-order chi connectivity index (χ1) is 11.8. The number of nitrogens with zero attached hydrogens (tertiary/aromatic N) is 1. The number of hydrogen-bond donors (Lipinski definition) is 2. The molecule has 8 heteroatoms. The minimum atomic E-state index is -3.63. The molecule has 0 heterocycles. The van der Waals surface area contributed by atoms with Crippen LogP contribution in [0.4, 0.5) is 0 Å². The van der Waals surface area contributed by atoms with Crippen LogP contribution in [0.25, 0.3) is 0 Å². The van der Waals surface area contributed by atoms with Crippen molar-refractivity contribution in [3.05, 3.63) is 29.8 Å². The van der Waals surface area contributed by atoms with Gasteiger partial charge in [0.15, 0.2) is 0 Å². The zero-order valence-corrected chi connectivity index (χ0v) is 14.8. The van der Waals surface area contributed by atoms with E-state index < -0.39 is 21.9 Å². The summed E-state index contributed by atoms with van der Waals surface area (Å²) in [6.45, 7) is 1.68. The molecule has 7 nitrogen and oxygen atoms in total. The first-order valence-corrected chi connectivity index (χ1v) is 9.92. The average Bonchev–Trinajstić information content (AvgIpc) is 3.46. The highest BCUT2D eigenvalue weighted by Crippen LogP contribution is 2.29. The maximum Gasteiger partial charge on any atom is 0.308 e. The van der Waals surface area contributed by atoms with E-state index in [2.05, 4.69) is 4.72 Å². The summed E-state index contributed by atoms with van der Waals surface area (Å²) in [7, 11) is -3.63. The predicted molar refractivity (Wildman–Crippen MR) is 90.6 cm³/mol. The van der Waals surface area contributed by atoms with Crippen LogP contribution in [-0.4, -0.2) is 48.9 Å². The van der Waals surface area contributed by atoms with Crippen molar-refractivity contribution in [3.63, 3.8) is 0 Å². The Hall–Kier alpha value is -1.93. The Balaban J connectivity index is 1.80. The van der Waals surface area contributed by atoms with E-state index in [1.54, 1.807) is 24.0 Å². The zero-order valence-electron chi connectivity index (χ0n) is 14.0. The summed E-state index contributed by atoms with van der Waals surface area (Å²) in [5, 5.41) is 9.10. The summed E-state index contributed by atoms with van der Waals surface area (Å²) in [5.41, 5.74) is 0.267. The van der Waals surface area contributed by atoms with E-state index in [9.17, 15) is 18.0 Å². The van der Waals surface area contributed by atoms with Gasteiger partial charge in [-0.3, -0.25) is 9.59 Å². The van der Waals surface area contributed by atoms with Crippen LogP contribution in [0, 0.1) is 5.92 Å². The van der Waals surface area contributed by atoms with Crippen LogP contribution in [-0.2, 0) is 14.8 Å². The molecule has 2 N–H and O–H groups in total. The Bertz CT molecular complexity index is 784. The Kier molecular flexibility index (Phi) is 4.83. The lowest BCUT2D eigenvalue weighted by molar-refractivity contribution is -0.141. The second kappa shape index (κ2) is 6.76. The Labute approximate surface area is 147 Å². The molecular weight excluding hydrogens is 344 g/mol. The van der Waals surface area contributed by atoms with Gasteiger partial charge in [0.1, 0.15) is 0 Å². The summed E-state index contributed by atoms with van der Waals surface area (Å²) in [6, 6.07) is 5.97. The summed E-state index contributed by atoms with van der Waals surface area (Å²) in [6.07, 6.45) is 3.36. The first-order valence-electron chi connectivity index (χ1n) is 8.44. The molecule has 3 rings (SSSR count). The molecule has 1 aromatic carbocycles. The summed E-state index contributed by atoms with van der Waals surface area (Å²) in [4.78, 5) is 25.5. The molecule has 1 aromatic rings. The lowest BCUT2D eigenvalue weighted by atomic mass is 10.1. The van der Waals surface area contributed by atoms with Gasteiger partial charge < -0.3 is 10.0 Å². The standard InChI is InChI=1S/C17H22N2O5S/c1-11(17(21)22)10-19(14-7-8-14)16(20)12-3-2-4-15(9-12)25(23,24)18-13-5-6-13/h2-4,9,11,13-14,18H,5-8,10H2,1H3,(H,21,22). The molecule has 0 saturated heterocycles. The van der Waals surface area contributed by atoms with Crippen LogP contribution >= 0.6 is 0 Å². The van der Waals surface area contributed by atoms with E-state index in [0.717, 1.165) is 25.7 Å². The number of benzene rings is 1. The Morgan fingerprint density at radius 3 is 2.52 bits per heavy atom. The molecule has 1 atom stereocenters. The van der Waals surface area contributed by atoms with Crippen LogP contribution in [0.2, 0.25) is 0 Å². The van der Waals surface area contributed by atoms with E-state index in [1.807, 2.05) is 0 Å². The minimum absolute atomic E-state index is 0.0104. The molecule has 0 aliphatic heterocycles. The normalized spacial score (nSPS) is 18.6. The molecule has 2 saturated carbocycles. The van der Waals surface area contributed by atoms with Crippen LogP contribution in [0.5, 0.6) is 0 Å². The molecule has 2 fully saturated rings. The van der Waals surface area contributed by atoms with Crippen LogP contribution < -0.4 is 4.72 Å². The molecule has 136 valence electrons. The molecular formula is C17H22N2O5S. The third kappa shape index (κ3) is 4.38. The molecule has 0 aromatic heterocycles. The summed E-state index contributed by atoms with van der Waals surface area (Å²) in [5.74, 6) is -1.95. The van der Waals surface area contributed by atoms with Crippen LogP contribution in [0.1, 0.15) is 43.0 Å².